The Morgan fingerprint density at radius 2 is 1.59 bits per heavy atom. The summed E-state index contributed by atoms with van der Waals surface area (Å²) in [6.45, 7) is 18.2. The minimum atomic E-state index is -0.835. The smallest absolute Gasteiger partial charge is 0.408 e. The van der Waals surface area contributed by atoms with E-state index in [1.54, 1.807) is 25.7 Å². The van der Waals surface area contributed by atoms with Crippen LogP contribution in [0.25, 0.3) is 0 Å². The fraction of sp³-hybridized carbons (Fsp3) is 0.880. The molecule has 1 heterocycles. The Bertz CT molecular complexity index is 730. The van der Waals surface area contributed by atoms with Gasteiger partial charge in [-0.15, -0.1) is 0 Å². The lowest BCUT2D eigenvalue weighted by Crippen LogP contribution is -2.57. The number of ether oxygens (including phenoxy) is 2. The Labute approximate surface area is 194 Å². The minimum absolute atomic E-state index is 0.0254. The Balaban J connectivity index is 2.35. The summed E-state index contributed by atoms with van der Waals surface area (Å²) in [7, 11) is 1.36. The number of esters is 1. The molecule has 2 fully saturated rings. The number of hydrogen-bond acceptors (Lipinski definition) is 5. The van der Waals surface area contributed by atoms with E-state index in [0.29, 0.717) is 18.9 Å². The predicted octanol–water partition coefficient (Wildman–Crippen LogP) is 4.53. The molecule has 184 valence electrons. The van der Waals surface area contributed by atoms with Crippen molar-refractivity contribution in [3.8, 4) is 0 Å². The van der Waals surface area contributed by atoms with Gasteiger partial charge in [-0.1, -0.05) is 48.0 Å². The van der Waals surface area contributed by atoms with Crippen molar-refractivity contribution in [1.82, 2.24) is 10.2 Å². The summed E-state index contributed by atoms with van der Waals surface area (Å²) in [4.78, 5) is 40.8. The molecule has 1 aliphatic carbocycles. The third kappa shape index (κ3) is 5.40. The second kappa shape index (κ2) is 8.86. The first kappa shape index (κ1) is 26.5. The summed E-state index contributed by atoms with van der Waals surface area (Å²) >= 11 is 0. The molecule has 0 radical (unpaired) electrons. The van der Waals surface area contributed by atoms with Gasteiger partial charge in [0, 0.05) is 6.54 Å². The lowest BCUT2D eigenvalue weighted by Gasteiger charge is -2.50. The predicted molar refractivity (Wildman–Crippen MR) is 124 cm³/mol. The molecule has 2 aliphatic rings. The molecular formula is C25H44N2O5. The molecule has 1 saturated carbocycles. The van der Waals surface area contributed by atoms with Crippen molar-refractivity contribution in [2.75, 3.05) is 13.7 Å². The summed E-state index contributed by atoms with van der Waals surface area (Å²) in [6, 6.07) is -1.50. The fourth-order valence-electron chi connectivity index (χ4n) is 5.00. The van der Waals surface area contributed by atoms with Crippen molar-refractivity contribution in [2.45, 2.75) is 106 Å². The number of likely N-dealkylation sites (tertiary alicyclic amines) is 1. The van der Waals surface area contributed by atoms with Crippen molar-refractivity contribution >= 4 is 18.0 Å². The van der Waals surface area contributed by atoms with Crippen LogP contribution in [-0.4, -0.2) is 54.2 Å². The molecular weight excluding hydrogens is 408 g/mol. The van der Waals surface area contributed by atoms with E-state index in [4.69, 9.17) is 9.47 Å². The van der Waals surface area contributed by atoms with Crippen LogP contribution in [0.3, 0.4) is 0 Å². The Kier molecular flexibility index (Phi) is 7.33. The highest BCUT2D eigenvalue weighted by molar-refractivity contribution is 5.91. The van der Waals surface area contributed by atoms with Gasteiger partial charge >= 0.3 is 12.1 Å². The van der Waals surface area contributed by atoms with E-state index in [9.17, 15) is 14.4 Å². The highest BCUT2D eigenvalue weighted by Gasteiger charge is 2.57. The maximum atomic E-state index is 13.8. The van der Waals surface area contributed by atoms with E-state index >= 15 is 0 Å². The number of nitrogens with zero attached hydrogens (tertiary/aromatic N) is 1. The van der Waals surface area contributed by atoms with Crippen LogP contribution in [0.1, 0.15) is 88.0 Å². The zero-order chi connectivity index (χ0) is 24.7. The van der Waals surface area contributed by atoms with Crippen LogP contribution in [0.4, 0.5) is 4.79 Å². The normalized spacial score (nSPS) is 25.7. The van der Waals surface area contributed by atoms with Crippen molar-refractivity contribution in [1.29, 1.82) is 0 Å². The Morgan fingerprint density at radius 3 is 2.00 bits per heavy atom. The van der Waals surface area contributed by atoms with Crippen LogP contribution < -0.4 is 5.32 Å². The molecule has 2 rings (SSSR count). The van der Waals surface area contributed by atoms with Crippen LogP contribution in [0, 0.1) is 22.2 Å². The summed E-state index contributed by atoms with van der Waals surface area (Å²) in [5.41, 5.74) is -1.51. The van der Waals surface area contributed by atoms with Gasteiger partial charge in [0.1, 0.15) is 17.7 Å². The number of methoxy groups -OCH3 is 1. The van der Waals surface area contributed by atoms with Crippen LogP contribution in [0.5, 0.6) is 0 Å². The zero-order valence-corrected chi connectivity index (χ0v) is 21.8. The molecule has 0 aromatic heterocycles. The molecule has 7 heteroatoms. The largest absolute Gasteiger partial charge is 0.467 e. The molecule has 0 aromatic carbocycles. The van der Waals surface area contributed by atoms with E-state index in [1.165, 1.54) is 26.4 Å². The van der Waals surface area contributed by atoms with Gasteiger partial charge in [0.05, 0.1) is 7.11 Å². The second-order valence-electron chi connectivity index (χ2n) is 12.6. The maximum Gasteiger partial charge on any atom is 0.408 e. The van der Waals surface area contributed by atoms with Gasteiger partial charge in [-0.25, -0.2) is 9.59 Å². The van der Waals surface area contributed by atoms with Gasteiger partial charge in [0.15, 0.2) is 0 Å². The van der Waals surface area contributed by atoms with Crippen molar-refractivity contribution < 1.29 is 23.9 Å². The number of carbonyl (C=O) groups is 3. The van der Waals surface area contributed by atoms with Crippen LogP contribution >= 0.6 is 0 Å². The standard InChI is InChI=1S/C25H44N2O5/c1-22(2,3)18(26-21(30)32-23(4,5)6)19(28)27-15-25(9,14-17(27)20(29)31-10)24(7,8)16-12-11-13-16/h16-18H,11-15H2,1-10H3,(H,26,30). The first-order valence-corrected chi connectivity index (χ1v) is 11.8. The number of amides is 2. The summed E-state index contributed by atoms with van der Waals surface area (Å²) in [5, 5.41) is 2.77. The molecule has 1 aliphatic heterocycles. The summed E-state index contributed by atoms with van der Waals surface area (Å²) < 4.78 is 10.5. The van der Waals surface area contributed by atoms with Gasteiger partial charge in [-0.3, -0.25) is 4.79 Å². The maximum absolute atomic E-state index is 13.8. The summed E-state index contributed by atoms with van der Waals surface area (Å²) in [5.74, 6) is -0.0949. The first-order chi connectivity index (χ1) is 14.4. The highest BCUT2D eigenvalue weighted by Crippen LogP contribution is 2.57. The van der Waals surface area contributed by atoms with Gasteiger partial charge in [-0.2, -0.15) is 0 Å². The molecule has 1 N–H and O–H groups in total. The van der Waals surface area contributed by atoms with Gasteiger partial charge in [0.2, 0.25) is 5.91 Å². The van der Waals surface area contributed by atoms with Crippen LogP contribution in [0.2, 0.25) is 0 Å². The van der Waals surface area contributed by atoms with Crippen LogP contribution in [0.15, 0.2) is 0 Å². The van der Waals surface area contributed by atoms with Gasteiger partial charge in [-0.05, 0) is 62.2 Å². The van der Waals surface area contributed by atoms with E-state index in [0.717, 1.165) is 0 Å². The Hall–Kier alpha value is -1.79. The van der Waals surface area contributed by atoms with E-state index in [1.807, 2.05) is 20.8 Å². The monoisotopic (exact) mass is 452 g/mol. The molecule has 0 aromatic rings. The third-order valence-electron chi connectivity index (χ3n) is 7.75. The molecule has 3 atom stereocenters. The molecule has 2 amide bonds. The highest BCUT2D eigenvalue weighted by atomic mass is 16.6. The molecule has 32 heavy (non-hydrogen) atoms. The number of nitrogens with one attached hydrogen (secondary N) is 1. The number of hydrogen-bond donors (Lipinski definition) is 1. The molecule has 7 nitrogen and oxygen atoms in total. The van der Waals surface area contributed by atoms with Gasteiger partial charge < -0.3 is 19.7 Å². The second-order valence-corrected chi connectivity index (χ2v) is 12.6. The SMILES string of the molecule is COC(=O)C1CC(C)(C(C)(C)C2CCC2)CN1C(=O)C(NC(=O)OC(C)(C)C)C(C)(C)C. The molecule has 0 bridgehead atoms. The minimum Gasteiger partial charge on any atom is -0.467 e. The van der Waals surface area contributed by atoms with Crippen molar-refractivity contribution in [3.05, 3.63) is 0 Å². The molecule has 3 unspecified atom stereocenters. The van der Waals surface area contributed by atoms with E-state index < -0.39 is 35.2 Å². The van der Waals surface area contributed by atoms with Crippen molar-refractivity contribution in [2.24, 2.45) is 22.2 Å². The zero-order valence-electron chi connectivity index (χ0n) is 21.8. The number of alkyl carbamates (subject to hydrolysis) is 1. The lowest BCUT2D eigenvalue weighted by molar-refractivity contribution is -0.152. The average molecular weight is 453 g/mol. The molecule has 1 saturated heterocycles. The average Bonchev–Trinajstić information content (AvgIpc) is 2.93. The van der Waals surface area contributed by atoms with E-state index in [2.05, 4.69) is 26.1 Å². The molecule has 0 spiro atoms. The van der Waals surface area contributed by atoms with Crippen LogP contribution in [-0.2, 0) is 19.1 Å². The quantitative estimate of drug-likeness (QED) is 0.620. The number of carbonyl (C=O) groups excluding carboxylic acids is 3. The van der Waals surface area contributed by atoms with E-state index in [-0.39, 0.29) is 16.7 Å². The summed E-state index contributed by atoms with van der Waals surface area (Å²) in [6.07, 6.45) is 3.52. The third-order valence-corrected chi connectivity index (χ3v) is 7.75. The van der Waals surface area contributed by atoms with Gasteiger partial charge in [0.25, 0.3) is 0 Å². The number of rotatable bonds is 5. The first-order valence-electron chi connectivity index (χ1n) is 11.8. The fourth-order valence-corrected chi connectivity index (χ4v) is 5.00. The van der Waals surface area contributed by atoms with Crippen molar-refractivity contribution in [3.63, 3.8) is 0 Å². The topological polar surface area (TPSA) is 84.9 Å². The Morgan fingerprint density at radius 1 is 1.03 bits per heavy atom. The lowest BCUT2D eigenvalue weighted by atomic mass is 9.54.